The van der Waals surface area contributed by atoms with E-state index in [4.69, 9.17) is 0 Å². The van der Waals surface area contributed by atoms with E-state index in [-0.39, 0.29) is 5.41 Å². The second kappa shape index (κ2) is 14.3. The zero-order valence-corrected chi connectivity index (χ0v) is 32.1. The molecule has 0 saturated heterocycles. The van der Waals surface area contributed by atoms with E-state index in [1.165, 1.54) is 61.3 Å². The van der Waals surface area contributed by atoms with Crippen molar-refractivity contribution in [3.63, 3.8) is 0 Å². The van der Waals surface area contributed by atoms with Gasteiger partial charge in [-0.1, -0.05) is 136 Å². The van der Waals surface area contributed by atoms with Gasteiger partial charge in [0.15, 0.2) is 0 Å². The minimum atomic E-state index is -0.0500. The predicted molar refractivity (Wildman–Crippen MR) is 236 cm³/mol. The largest absolute Gasteiger partial charge is 0.311 e. The van der Waals surface area contributed by atoms with Gasteiger partial charge in [0.05, 0.1) is 5.52 Å². The summed E-state index contributed by atoms with van der Waals surface area (Å²) < 4.78 is 2.42. The molecule has 55 heavy (non-hydrogen) atoms. The second-order valence-corrected chi connectivity index (χ2v) is 15.7. The number of allylic oxidation sites excluding steroid dienone is 15. The van der Waals surface area contributed by atoms with Crippen molar-refractivity contribution in [3.05, 3.63) is 210 Å². The molecule has 0 N–H and O–H groups in total. The number of fused-ring (bicyclic) bond motifs is 4. The molecule has 2 unspecified atom stereocenters. The summed E-state index contributed by atoms with van der Waals surface area (Å²) in [6.07, 6.45) is 32.2. The average Bonchev–Trinajstić information content (AvgIpc) is 3.45. The third-order valence-corrected chi connectivity index (χ3v) is 12.1. The van der Waals surface area contributed by atoms with Crippen LogP contribution in [0.1, 0.15) is 50.4 Å². The van der Waals surface area contributed by atoms with Crippen LogP contribution in [0.3, 0.4) is 0 Å². The smallest absolute Gasteiger partial charge is 0.0538 e. The van der Waals surface area contributed by atoms with Gasteiger partial charge in [0, 0.05) is 39.8 Å². The summed E-state index contributed by atoms with van der Waals surface area (Å²) in [4.78, 5) is 2.42. The highest BCUT2D eigenvalue weighted by atomic mass is 15.1. The lowest BCUT2D eigenvalue weighted by Gasteiger charge is -2.31. The highest BCUT2D eigenvalue weighted by Crippen LogP contribution is 2.55. The van der Waals surface area contributed by atoms with E-state index in [0.29, 0.717) is 11.8 Å². The van der Waals surface area contributed by atoms with Crippen LogP contribution in [0, 0.1) is 17.3 Å². The fourth-order valence-corrected chi connectivity index (χ4v) is 9.26. The van der Waals surface area contributed by atoms with E-state index in [9.17, 15) is 0 Å². The molecule has 5 aromatic rings. The number of aryl methyl sites for hydroxylation is 1. The van der Waals surface area contributed by atoms with Crippen LogP contribution in [-0.2, 0) is 6.42 Å². The maximum absolute atomic E-state index is 4.68. The lowest BCUT2D eigenvalue weighted by atomic mass is 9.75. The average molecular weight is 713 g/mol. The quantitative estimate of drug-likeness (QED) is 0.163. The number of para-hydroxylation sites is 1. The van der Waals surface area contributed by atoms with Crippen molar-refractivity contribution >= 4 is 33.9 Å². The first-order valence-electron chi connectivity index (χ1n) is 19.8. The molecule has 1 fully saturated rings. The molecule has 4 aliphatic rings. The van der Waals surface area contributed by atoms with E-state index < -0.39 is 0 Å². The minimum Gasteiger partial charge on any atom is -0.311 e. The molecule has 270 valence electrons. The summed E-state index contributed by atoms with van der Waals surface area (Å²) in [5.41, 5.74) is 16.1. The van der Waals surface area contributed by atoms with Crippen LogP contribution in [-0.4, -0.2) is 4.57 Å². The molecule has 0 spiro atoms. The van der Waals surface area contributed by atoms with Gasteiger partial charge >= 0.3 is 0 Å². The highest BCUT2D eigenvalue weighted by molar-refractivity contribution is 5.94. The number of hydrogen-bond acceptors (Lipinski definition) is 1. The van der Waals surface area contributed by atoms with Crippen molar-refractivity contribution in [3.8, 4) is 16.8 Å². The molecular formula is C53H48N2. The van der Waals surface area contributed by atoms with Gasteiger partial charge in [-0.25, -0.2) is 0 Å². The van der Waals surface area contributed by atoms with Gasteiger partial charge in [-0.2, -0.15) is 0 Å². The Bertz CT molecular complexity index is 2550. The SMILES string of the molecule is C=C1/C(=C\C(=C/C)N(c2ccc(-c3ccc4c(c3)c3c(n4-c4ccccc4)C=CCC3)cc2)c2cccc(C3=CC=CC=CC3)c2)C(C)(C)C2C=CC=CC12. The summed E-state index contributed by atoms with van der Waals surface area (Å²) in [7, 11) is 0. The Morgan fingerprint density at radius 2 is 1.60 bits per heavy atom. The van der Waals surface area contributed by atoms with E-state index in [1.807, 2.05) is 0 Å². The summed E-state index contributed by atoms with van der Waals surface area (Å²) >= 11 is 0. The molecule has 1 heterocycles. The molecule has 4 aliphatic carbocycles. The number of aromatic nitrogens is 1. The molecule has 9 rings (SSSR count). The Hall–Kier alpha value is -6.12. The topological polar surface area (TPSA) is 8.17 Å². The zero-order chi connectivity index (χ0) is 37.5. The molecule has 4 aromatic carbocycles. The van der Waals surface area contributed by atoms with Crippen LogP contribution < -0.4 is 4.90 Å². The molecule has 2 nitrogen and oxygen atoms in total. The molecule has 2 atom stereocenters. The number of hydrogen-bond donors (Lipinski definition) is 0. The van der Waals surface area contributed by atoms with Gasteiger partial charge in [-0.15, -0.1) is 0 Å². The monoisotopic (exact) mass is 712 g/mol. The van der Waals surface area contributed by atoms with Crippen LogP contribution >= 0.6 is 0 Å². The Morgan fingerprint density at radius 1 is 0.782 bits per heavy atom. The number of nitrogens with zero attached hydrogens (tertiary/aromatic N) is 2. The van der Waals surface area contributed by atoms with Gasteiger partial charge in [0.2, 0.25) is 0 Å². The van der Waals surface area contributed by atoms with Crippen molar-refractivity contribution < 1.29 is 0 Å². The summed E-state index contributed by atoms with van der Waals surface area (Å²) in [5.74, 6) is 0.726. The first-order valence-corrected chi connectivity index (χ1v) is 19.8. The van der Waals surface area contributed by atoms with E-state index in [2.05, 4.69) is 213 Å². The van der Waals surface area contributed by atoms with Gasteiger partial charge in [-0.3, -0.25) is 0 Å². The van der Waals surface area contributed by atoms with Crippen LogP contribution in [0.5, 0.6) is 0 Å². The minimum absolute atomic E-state index is 0.0500. The van der Waals surface area contributed by atoms with Gasteiger partial charge in [0.25, 0.3) is 0 Å². The fraction of sp³-hybridized carbons (Fsp3) is 0.170. The van der Waals surface area contributed by atoms with Crippen molar-refractivity contribution in [1.82, 2.24) is 4.57 Å². The van der Waals surface area contributed by atoms with Crippen molar-refractivity contribution in [2.45, 2.75) is 40.0 Å². The first kappa shape index (κ1) is 34.6. The van der Waals surface area contributed by atoms with E-state index >= 15 is 0 Å². The third kappa shape index (κ3) is 6.16. The molecule has 2 heteroatoms. The molecule has 0 amide bonds. The molecule has 0 bridgehead atoms. The summed E-state index contributed by atoms with van der Waals surface area (Å²) in [5, 5.41) is 1.34. The molecular weight excluding hydrogens is 665 g/mol. The highest BCUT2D eigenvalue weighted by Gasteiger charge is 2.46. The number of anilines is 2. The van der Waals surface area contributed by atoms with Crippen molar-refractivity contribution in [1.29, 1.82) is 0 Å². The standard InChI is InChI=1S/C53H48N2/c1-5-42(36-50-37(2)46-24-13-15-26-49(46)53(50,3)4)54(45-23-17-20-40(34-45)38-18-9-6-7-10-19-38)44-31-28-39(29-32-44)41-30-33-52-48(35-41)47-25-14-16-27-51(47)55(52)43-21-11-8-12-22-43/h5-13,15-18,20-24,26-36,46,49H,2,14,19,25H2,1,3-4H3/b42-5+,50-36+. The zero-order valence-electron chi connectivity index (χ0n) is 32.1. The van der Waals surface area contributed by atoms with Crippen LogP contribution in [0.4, 0.5) is 11.4 Å². The maximum atomic E-state index is 4.68. The summed E-state index contributed by atoms with van der Waals surface area (Å²) in [6, 6.07) is 35.9. The van der Waals surface area contributed by atoms with Gasteiger partial charge in [0.1, 0.15) is 0 Å². The van der Waals surface area contributed by atoms with Crippen molar-refractivity contribution in [2.24, 2.45) is 17.3 Å². The molecule has 1 saturated carbocycles. The Labute approximate surface area is 326 Å². The molecule has 1 aromatic heterocycles. The van der Waals surface area contributed by atoms with E-state index in [1.54, 1.807) is 0 Å². The molecule has 0 aliphatic heterocycles. The first-order chi connectivity index (χ1) is 26.9. The van der Waals surface area contributed by atoms with Gasteiger partial charge < -0.3 is 9.47 Å². The Kier molecular flexibility index (Phi) is 8.98. The maximum Gasteiger partial charge on any atom is 0.0538 e. The van der Waals surface area contributed by atoms with Crippen LogP contribution in [0.15, 0.2) is 193 Å². The normalized spacial score (nSPS) is 20.5. The summed E-state index contributed by atoms with van der Waals surface area (Å²) in [6.45, 7) is 11.6. The van der Waals surface area contributed by atoms with Gasteiger partial charge in [-0.05, 0) is 137 Å². The Balaban J connectivity index is 1.13. The lowest BCUT2D eigenvalue weighted by molar-refractivity contribution is 0.333. The third-order valence-electron chi connectivity index (χ3n) is 12.1. The molecule has 0 radical (unpaired) electrons. The lowest BCUT2D eigenvalue weighted by Crippen LogP contribution is -2.22. The van der Waals surface area contributed by atoms with Crippen molar-refractivity contribution in [2.75, 3.05) is 4.90 Å². The second-order valence-electron chi connectivity index (χ2n) is 15.7. The number of benzene rings is 4. The number of rotatable bonds is 7. The predicted octanol–water partition coefficient (Wildman–Crippen LogP) is 14.1. The Morgan fingerprint density at radius 3 is 2.42 bits per heavy atom. The fourth-order valence-electron chi connectivity index (χ4n) is 9.26. The van der Waals surface area contributed by atoms with E-state index in [0.717, 1.165) is 36.3 Å². The van der Waals surface area contributed by atoms with Crippen LogP contribution in [0.2, 0.25) is 0 Å². The van der Waals surface area contributed by atoms with Crippen LogP contribution in [0.25, 0.3) is 39.4 Å².